The van der Waals surface area contributed by atoms with Crippen LogP contribution in [0.4, 0.5) is 5.82 Å². The average molecular weight is 402 g/mol. The molecule has 0 unspecified atom stereocenters. The van der Waals surface area contributed by atoms with Crippen LogP contribution in [0.3, 0.4) is 0 Å². The van der Waals surface area contributed by atoms with Crippen molar-refractivity contribution >= 4 is 5.82 Å². The zero-order chi connectivity index (χ0) is 16.6. The van der Waals surface area contributed by atoms with Crippen molar-refractivity contribution in [1.29, 1.82) is 0 Å². The number of rotatable bonds is 15. The first-order valence-electron chi connectivity index (χ1n) is 9.44. The molecule has 0 aliphatic heterocycles. The van der Waals surface area contributed by atoms with Crippen LogP contribution in [0.15, 0.2) is 18.6 Å². The Bertz CT molecular complexity index is 373. The topological polar surface area (TPSA) is 38.0 Å². The van der Waals surface area contributed by atoms with Gasteiger partial charge in [0.25, 0.3) is 6.33 Å². The summed E-state index contributed by atoms with van der Waals surface area (Å²) in [6.07, 6.45) is 17.8. The number of halogens is 1. The molecule has 0 bridgehead atoms. The maximum Gasteiger partial charge on any atom is 0.288 e. The lowest BCUT2D eigenvalue weighted by Crippen LogP contribution is -3.00. The van der Waals surface area contributed by atoms with Gasteiger partial charge < -0.3 is 27.0 Å². The van der Waals surface area contributed by atoms with Crippen molar-refractivity contribution in [2.24, 2.45) is 0 Å². The number of aryl methyl sites for hydroxylation is 1. The molecule has 0 spiro atoms. The van der Waals surface area contributed by atoms with Gasteiger partial charge in [-0.05, 0) is 17.8 Å². The summed E-state index contributed by atoms with van der Waals surface area (Å²) >= 11 is 0. The molecule has 0 saturated carbocycles. The largest absolute Gasteiger partial charge is 1.00 e. The van der Waals surface area contributed by atoms with Gasteiger partial charge in [-0.2, -0.15) is 0 Å². The Kier molecular flexibility index (Phi) is 16.7. The Morgan fingerprint density at radius 3 is 2.17 bits per heavy atom. The summed E-state index contributed by atoms with van der Waals surface area (Å²) in [6.45, 7) is 4.85. The first-order chi connectivity index (χ1) is 11.4. The monoisotopic (exact) mass is 401 g/mol. The van der Waals surface area contributed by atoms with Gasteiger partial charge in [0.15, 0.2) is 0 Å². The van der Waals surface area contributed by atoms with E-state index in [0.29, 0.717) is 6.61 Å². The summed E-state index contributed by atoms with van der Waals surface area (Å²) < 4.78 is 7.18. The minimum absolute atomic E-state index is 0. The molecule has 0 amide bonds. The Balaban J connectivity index is 0.00000529. The van der Waals surface area contributed by atoms with Crippen molar-refractivity contribution in [3.8, 4) is 0 Å². The van der Waals surface area contributed by atoms with Gasteiger partial charge >= 0.3 is 0 Å². The molecule has 0 aliphatic rings. The summed E-state index contributed by atoms with van der Waals surface area (Å²) in [5, 5.41) is 3.23. The lowest BCUT2D eigenvalue weighted by Gasteiger charge is -2.03. The van der Waals surface area contributed by atoms with E-state index >= 15 is 0 Å². The fraction of sp³-hybridized carbons (Fsp3) is 0.789. The zero-order valence-corrected chi connectivity index (χ0v) is 17.2. The maximum atomic E-state index is 5.01. The van der Waals surface area contributed by atoms with Crippen LogP contribution in [-0.4, -0.2) is 25.2 Å². The van der Waals surface area contributed by atoms with Crippen LogP contribution in [0, 0.1) is 0 Å². The molecule has 0 atom stereocenters. The van der Waals surface area contributed by atoms with Crippen molar-refractivity contribution in [1.82, 2.24) is 4.98 Å². The molecule has 1 aromatic heterocycles. The third-order valence-corrected chi connectivity index (χ3v) is 4.15. The molecule has 0 fully saturated rings. The van der Waals surface area contributed by atoms with Gasteiger partial charge in [0.1, 0.15) is 0 Å². The van der Waals surface area contributed by atoms with Crippen molar-refractivity contribution in [2.45, 2.75) is 77.7 Å². The standard InChI is InChI=1S/C19H35N3O.BrH/c1-3-4-5-6-7-8-9-10-11-12-15-22-16-13-19(21-18-22)20-14-17-23-2;/h13,16,18H,3-12,14-15,17H2,1-2H3;1H. The van der Waals surface area contributed by atoms with Crippen LogP contribution in [0.1, 0.15) is 71.1 Å². The van der Waals surface area contributed by atoms with Crippen molar-refractivity contribution < 1.29 is 26.3 Å². The lowest BCUT2D eigenvalue weighted by molar-refractivity contribution is -0.700. The normalized spacial score (nSPS) is 10.4. The molecule has 0 aliphatic carbocycles. The van der Waals surface area contributed by atoms with Crippen LogP contribution in [0.5, 0.6) is 0 Å². The maximum absolute atomic E-state index is 5.01. The molecule has 0 aromatic carbocycles. The molecule has 1 rings (SSSR count). The van der Waals surface area contributed by atoms with Gasteiger partial charge in [0, 0.05) is 19.7 Å². The minimum Gasteiger partial charge on any atom is -1.00 e. The van der Waals surface area contributed by atoms with Gasteiger partial charge in [0.2, 0.25) is 5.82 Å². The first-order valence-corrected chi connectivity index (χ1v) is 9.44. The van der Waals surface area contributed by atoms with E-state index in [9.17, 15) is 0 Å². The first kappa shape index (κ1) is 23.3. The molecule has 0 radical (unpaired) electrons. The molecular weight excluding hydrogens is 366 g/mol. The second kappa shape index (κ2) is 17.2. The van der Waals surface area contributed by atoms with Crippen molar-refractivity contribution in [3.63, 3.8) is 0 Å². The van der Waals surface area contributed by atoms with Gasteiger partial charge in [-0.25, -0.2) is 4.57 Å². The second-order valence-electron chi connectivity index (χ2n) is 6.28. The molecule has 0 saturated heterocycles. The third kappa shape index (κ3) is 12.7. The van der Waals surface area contributed by atoms with E-state index in [1.54, 1.807) is 7.11 Å². The van der Waals surface area contributed by atoms with Gasteiger partial charge in [-0.1, -0.05) is 58.3 Å². The van der Waals surface area contributed by atoms with E-state index < -0.39 is 0 Å². The highest BCUT2D eigenvalue weighted by molar-refractivity contribution is 5.30. The van der Waals surface area contributed by atoms with E-state index in [-0.39, 0.29) is 17.0 Å². The highest BCUT2D eigenvalue weighted by atomic mass is 79.9. The number of hydrogen-bond acceptors (Lipinski definition) is 3. The van der Waals surface area contributed by atoms with E-state index in [4.69, 9.17) is 4.74 Å². The number of hydrogen-bond donors (Lipinski definition) is 1. The third-order valence-electron chi connectivity index (χ3n) is 4.15. The predicted molar refractivity (Wildman–Crippen MR) is 96.6 cm³/mol. The highest BCUT2D eigenvalue weighted by Crippen LogP contribution is 2.10. The van der Waals surface area contributed by atoms with E-state index in [1.165, 1.54) is 64.2 Å². The average Bonchev–Trinajstić information content (AvgIpc) is 2.58. The summed E-state index contributed by atoms with van der Waals surface area (Å²) in [6, 6.07) is 2.03. The second-order valence-corrected chi connectivity index (χ2v) is 6.28. The number of unbranched alkanes of at least 4 members (excludes halogenated alkanes) is 9. The molecule has 4 nitrogen and oxygen atoms in total. The highest BCUT2D eigenvalue weighted by Gasteiger charge is 2.02. The number of ether oxygens (including phenoxy) is 1. The lowest BCUT2D eigenvalue weighted by atomic mass is 10.1. The Hall–Kier alpha value is -0.680. The van der Waals surface area contributed by atoms with Crippen LogP contribution in [-0.2, 0) is 11.3 Å². The van der Waals surface area contributed by atoms with Crippen LogP contribution >= 0.6 is 0 Å². The van der Waals surface area contributed by atoms with Gasteiger partial charge in [-0.3, -0.25) is 0 Å². The summed E-state index contributed by atoms with van der Waals surface area (Å²) in [7, 11) is 1.71. The zero-order valence-electron chi connectivity index (χ0n) is 15.6. The van der Waals surface area contributed by atoms with Crippen molar-refractivity contribution in [2.75, 3.05) is 25.6 Å². The smallest absolute Gasteiger partial charge is 0.288 e. The molecule has 5 heteroatoms. The number of anilines is 1. The number of methoxy groups -OCH3 is 1. The molecule has 140 valence electrons. The van der Waals surface area contributed by atoms with Gasteiger partial charge in [0.05, 0.1) is 19.3 Å². The van der Waals surface area contributed by atoms with E-state index in [0.717, 1.165) is 18.9 Å². The van der Waals surface area contributed by atoms with Gasteiger partial charge in [-0.15, -0.1) is 0 Å². The van der Waals surface area contributed by atoms with Crippen molar-refractivity contribution in [3.05, 3.63) is 18.6 Å². The number of nitrogens with zero attached hydrogens (tertiary/aromatic N) is 2. The Labute approximate surface area is 159 Å². The van der Waals surface area contributed by atoms with E-state index in [1.807, 2.05) is 12.4 Å². The predicted octanol–water partition coefficient (Wildman–Crippen LogP) is 1.35. The van der Waals surface area contributed by atoms with E-state index in [2.05, 4.69) is 28.0 Å². The fourth-order valence-corrected chi connectivity index (χ4v) is 2.68. The summed E-state index contributed by atoms with van der Waals surface area (Å²) in [4.78, 5) is 4.41. The minimum atomic E-state index is 0. The molecule has 1 aromatic rings. The number of nitrogens with one attached hydrogen (secondary N) is 1. The summed E-state index contributed by atoms with van der Waals surface area (Å²) in [5.74, 6) is 0.918. The quantitative estimate of drug-likeness (QED) is 0.356. The molecule has 1 N–H and O–H groups in total. The fourth-order valence-electron chi connectivity index (χ4n) is 2.68. The van der Waals surface area contributed by atoms with Crippen LogP contribution < -0.4 is 26.9 Å². The molecule has 1 heterocycles. The van der Waals surface area contributed by atoms with Crippen LogP contribution in [0.25, 0.3) is 0 Å². The Morgan fingerprint density at radius 1 is 1.00 bits per heavy atom. The summed E-state index contributed by atoms with van der Waals surface area (Å²) in [5.41, 5.74) is 0. The number of aromatic nitrogens is 2. The molecule has 24 heavy (non-hydrogen) atoms. The van der Waals surface area contributed by atoms with Crippen LogP contribution in [0.2, 0.25) is 0 Å². The SMILES string of the molecule is CCCCCCCCCCCC[n+]1ccc(NCCOC)nc1.[Br-]. The Morgan fingerprint density at radius 2 is 1.62 bits per heavy atom. The molecular formula is C19H36BrN3O.